The van der Waals surface area contributed by atoms with Crippen LogP contribution in [0.4, 0.5) is 0 Å². The van der Waals surface area contributed by atoms with Crippen LogP contribution in [-0.4, -0.2) is 21.8 Å². The van der Waals surface area contributed by atoms with Gasteiger partial charge in [-0.15, -0.1) is 44.9 Å². The molecule has 1 aromatic heterocycles. The molecule has 0 saturated carbocycles. The number of fused-ring (bicyclic) bond motifs is 1. The molecule has 0 radical (unpaired) electrons. The first-order valence-corrected chi connectivity index (χ1v) is 8.32. The maximum Gasteiger partial charge on any atom is 0.125 e. The van der Waals surface area contributed by atoms with E-state index in [0.717, 1.165) is 28.6 Å². The summed E-state index contributed by atoms with van der Waals surface area (Å²) in [6, 6.07) is 8.60. The fraction of sp³-hybridized carbons (Fsp3) is 0.385. The van der Waals surface area contributed by atoms with Gasteiger partial charge in [-0.05, 0) is 18.1 Å². The topological polar surface area (TPSA) is 25.8 Å². The van der Waals surface area contributed by atoms with Gasteiger partial charge in [0.05, 0.1) is 0 Å². The van der Waals surface area contributed by atoms with Gasteiger partial charge in [0.1, 0.15) is 10.0 Å². The highest BCUT2D eigenvalue weighted by atomic mass is 35.5. The zero-order valence-corrected chi connectivity index (χ0v) is 12.2. The minimum atomic E-state index is 0.424. The van der Waals surface area contributed by atoms with E-state index in [4.69, 9.17) is 11.6 Å². The molecule has 0 bridgehead atoms. The molecule has 3 rings (SSSR count). The predicted octanol–water partition coefficient (Wildman–Crippen LogP) is 3.95. The Morgan fingerprint density at radius 1 is 1.28 bits per heavy atom. The van der Waals surface area contributed by atoms with Crippen LogP contribution in [-0.2, 0) is 6.42 Å². The molecule has 0 amide bonds. The summed E-state index contributed by atoms with van der Waals surface area (Å²) >= 11 is 9.36. The second-order valence-corrected chi connectivity index (χ2v) is 6.76. The number of alkyl halides is 1. The molecule has 1 aliphatic rings. The Morgan fingerprint density at radius 3 is 3.06 bits per heavy atom. The summed E-state index contributed by atoms with van der Waals surface area (Å²) in [5, 5.41) is 10.9. The number of thioether (sulfide) groups is 1. The molecule has 0 aliphatic carbocycles. The molecule has 18 heavy (non-hydrogen) atoms. The first-order chi connectivity index (χ1) is 8.88. The summed E-state index contributed by atoms with van der Waals surface area (Å²) in [5.41, 5.74) is 1.41. The van der Waals surface area contributed by atoms with Crippen molar-refractivity contribution in [2.75, 3.05) is 11.6 Å². The smallest absolute Gasteiger partial charge is 0.125 e. The Morgan fingerprint density at radius 2 is 2.17 bits per heavy atom. The number of rotatable bonds is 4. The third-order valence-corrected chi connectivity index (χ3v) is 5.55. The number of nitrogens with zero attached hydrogens (tertiary/aromatic N) is 2. The van der Waals surface area contributed by atoms with Gasteiger partial charge in [0.25, 0.3) is 0 Å². The van der Waals surface area contributed by atoms with Crippen molar-refractivity contribution in [2.45, 2.75) is 23.7 Å². The van der Waals surface area contributed by atoms with Gasteiger partial charge in [0.2, 0.25) is 0 Å². The van der Waals surface area contributed by atoms with Crippen molar-refractivity contribution in [1.82, 2.24) is 10.2 Å². The molecular weight excluding hydrogens is 284 g/mol. The molecule has 2 aromatic rings. The van der Waals surface area contributed by atoms with Crippen LogP contribution in [0.3, 0.4) is 0 Å². The van der Waals surface area contributed by atoms with Gasteiger partial charge in [-0.1, -0.05) is 18.2 Å². The monoisotopic (exact) mass is 296 g/mol. The second kappa shape index (κ2) is 5.59. The molecule has 0 saturated heterocycles. The minimum absolute atomic E-state index is 0.424. The fourth-order valence-corrected chi connectivity index (χ4v) is 4.57. The molecular formula is C13H13ClN2S2. The van der Waals surface area contributed by atoms with Gasteiger partial charge in [-0.3, -0.25) is 0 Å². The van der Waals surface area contributed by atoms with Crippen molar-refractivity contribution < 1.29 is 0 Å². The molecule has 1 unspecified atom stereocenters. The molecule has 0 N–H and O–H groups in total. The lowest BCUT2D eigenvalue weighted by Crippen LogP contribution is -1.98. The maximum atomic E-state index is 5.71. The van der Waals surface area contributed by atoms with E-state index in [1.165, 1.54) is 10.5 Å². The molecule has 1 atom stereocenters. The number of hydrogen-bond acceptors (Lipinski definition) is 4. The van der Waals surface area contributed by atoms with Gasteiger partial charge in [-0.25, -0.2) is 0 Å². The van der Waals surface area contributed by atoms with Crippen LogP contribution < -0.4 is 0 Å². The SMILES string of the molecule is ClCCCc1nnc(C2CSc3ccccc32)s1. The molecule has 2 heterocycles. The van der Waals surface area contributed by atoms with Crippen molar-refractivity contribution in [1.29, 1.82) is 0 Å². The lowest BCUT2D eigenvalue weighted by molar-refractivity contribution is 0.844. The number of hydrogen-bond donors (Lipinski definition) is 0. The van der Waals surface area contributed by atoms with Gasteiger partial charge >= 0.3 is 0 Å². The number of halogens is 1. The zero-order chi connectivity index (χ0) is 12.4. The lowest BCUT2D eigenvalue weighted by atomic mass is 10.0. The van der Waals surface area contributed by atoms with Crippen LogP contribution in [0.2, 0.25) is 0 Å². The number of benzene rings is 1. The predicted molar refractivity (Wildman–Crippen MR) is 78.0 cm³/mol. The first kappa shape index (κ1) is 12.5. The van der Waals surface area contributed by atoms with E-state index in [9.17, 15) is 0 Å². The summed E-state index contributed by atoms with van der Waals surface area (Å²) in [5.74, 6) is 2.20. The molecule has 5 heteroatoms. The van der Waals surface area contributed by atoms with E-state index < -0.39 is 0 Å². The van der Waals surface area contributed by atoms with Gasteiger partial charge in [-0.2, -0.15) is 0 Å². The van der Waals surface area contributed by atoms with E-state index >= 15 is 0 Å². The van der Waals surface area contributed by atoms with Crippen LogP contribution >= 0.6 is 34.7 Å². The highest BCUT2D eigenvalue weighted by molar-refractivity contribution is 7.99. The van der Waals surface area contributed by atoms with Crippen LogP contribution in [0.5, 0.6) is 0 Å². The van der Waals surface area contributed by atoms with E-state index in [1.807, 2.05) is 11.8 Å². The van der Waals surface area contributed by atoms with Gasteiger partial charge < -0.3 is 0 Å². The van der Waals surface area contributed by atoms with Crippen molar-refractivity contribution in [3.63, 3.8) is 0 Å². The van der Waals surface area contributed by atoms with Crippen LogP contribution in [0, 0.1) is 0 Å². The van der Waals surface area contributed by atoms with E-state index in [0.29, 0.717) is 11.8 Å². The molecule has 0 fully saturated rings. The molecule has 0 spiro atoms. The average molecular weight is 297 g/mol. The van der Waals surface area contributed by atoms with E-state index in [-0.39, 0.29) is 0 Å². The van der Waals surface area contributed by atoms with Crippen molar-refractivity contribution in [2.24, 2.45) is 0 Å². The van der Waals surface area contributed by atoms with Gasteiger partial charge in [0, 0.05) is 28.9 Å². The third kappa shape index (κ3) is 2.42. The molecule has 1 aromatic carbocycles. The van der Waals surface area contributed by atoms with Crippen molar-refractivity contribution in [3.05, 3.63) is 39.8 Å². The molecule has 1 aliphatic heterocycles. The Balaban J connectivity index is 1.82. The van der Waals surface area contributed by atoms with Crippen molar-refractivity contribution in [3.8, 4) is 0 Å². The highest BCUT2D eigenvalue weighted by Gasteiger charge is 2.27. The summed E-state index contributed by atoms with van der Waals surface area (Å²) in [6.07, 6.45) is 1.93. The van der Waals surface area contributed by atoms with Crippen LogP contribution in [0.1, 0.15) is 27.9 Å². The standard InChI is InChI=1S/C13H13ClN2S2/c14-7-3-6-12-15-16-13(18-12)10-8-17-11-5-2-1-4-9(10)11/h1-2,4-5,10H,3,6-8H2. The minimum Gasteiger partial charge on any atom is -0.144 e. The first-order valence-electron chi connectivity index (χ1n) is 5.98. The van der Waals surface area contributed by atoms with Crippen molar-refractivity contribution >= 4 is 34.7 Å². The largest absolute Gasteiger partial charge is 0.144 e. The summed E-state index contributed by atoms with van der Waals surface area (Å²) in [6.45, 7) is 0. The van der Waals surface area contributed by atoms with Crippen LogP contribution in [0.15, 0.2) is 29.2 Å². The summed E-state index contributed by atoms with van der Waals surface area (Å²) in [7, 11) is 0. The zero-order valence-electron chi connectivity index (χ0n) is 9.80. The Bertz CT molecular complexity index is 541. The highest BCUT2D eigenvalue weighted by Crippen LogP contribution is 2.43. The third-order valence-electron chi connectivity index (χ3n) is 3.00. The Kier molecular flexibility index (Phi) is 3.87. The number of aryl methyl sites for hydroxylation is 1. The maximum absolute atomic E-state index is 5.71. The number of aromatic nitrogens is 2. The Labute approximate surface area is 120 Å². The average Bonchev–Trinajstić information content (AvgIpc) is 3.02. The fourth-order valence-electron chi connectivity index (χ4n) is 2.09. The van der Waals surface area contributed by atoms with Crippen LogP contribution in [0.25, 0.3) is 0 Å². The quantitative estimate of drug-likeness (QED) is 0.799. The molecule has 94 valence electrons. The lowest BCUT2D eigenvalue weighted by Gasteiger charge is -2.05. The van der Waals surface area contributed by atoms with E-state index in [2.05, 4.69) is 34.5 Å². The van der Waals surface area contributed by atoms with Gasteiger partial charge in [0.15, 0.2) is 0 Å². The summed E-state index contributed by atoms with van der Waals surface area (Å²) in [4.78, 5) is 1.39. The molecule has 2 nitrogen and oxygen atoms in total. The second-order valence-electron chi connectivity index (χ2n) is 4.23. The Hall–Kier alpha value is -0.580. The van der Waals surface area contributed by atoms with E-state index in [1.54, 1.807) is 11.3 Å². The normalized spacial score (nSPS) is 17.9. The summed E-state index contributed by atoms with van der Waals surface area (Å²) < 4.78 is 0.